The third kappa shape index (κ3) is 5.45. The summed E-state index contributed by atoms with van der Waals surface area (Å²) in [7, 11) is 0. The van der Waals surface area contributed by atoms with E-state index < -0.39 is 0 Å². The molecule has 11 heavy (non-hydrogen) atoms. The molecular formula is C9H18BrN. The van der Waals surface area contributed by atoms with E-state index in [-0.39, 0.29) is 0 Å². The van der Waals surface area contributed by atoms with E-state index in [0.29, 0.717) is 6.04 Å². The molecule has 0 fully saturated rings. The zero-order valence-corrected chi connectivity index (χ0v) is 9.26. The molecule has 0 amide bonds. The van der Waals surface area contributed by atoms with E-state index in [2.05, 4.69) is 53.8 Å². The van der Waals surface area contributed by atoms with Gasteiger partial charge in [0.15, 0.2) is 0 Å². The monoisotopic (exact) mass is 219 g/mol. The lowest BCUT2D eigenvalue weighted by Crippen LogP contribution is -2.32. The molecule has 0 saturated heterocycles. The van der Waals surface area contributed by atoms with Crippen LogP contribution in [0.1, 0.15) is 20.8 Å². The summed E-state index contributed by atoms with van der Waals surface area (Å²) in [4.78, 5) is 2.43. The van der Waals surface area contributed by atoms with Crippen molar-refractivity contribution in [3.63, 3.8) is 0 Å². The van der Waals surface area contributed by atoms with Crippen molar-refractivity contribution >= 4 is 15.9 Å². The molecule has 0 aliphatic heterocycles. The third-order valence-corrected chi connectivity index (χ3v) is 2.03. The Hall–Kier alpha value is 0.180. The molecule has 0 aromatic heterocycles. The normalized spacial score (nSPS) is 12.2. The fraction of sp³-hybridized carbons (Fsp3) is 0.778. The lowest BCUT2D eigenvalue weighted by atomic mass is 10.3. The van der Waals surface area contributed by atoms with Gasteiger partial charge in [0, 0.05) is 24.5 Å². The Labute approximate surface area is 78.6 Å². The van der Waals surface area contributed by atoms with E-state index >= 15 is 0 Å². The van der Waals surface area contributed by atoms with Crippen LogP contribution in [0.3, 0.4) is 0 Å². The highest BCUT2D eigenvalue weighted by molar-refractivity contribution is 9.09. The summed E-state index contributed by atoms with van der Waals surface area (Å²) in [5, 5.41) is 1.06. The summed E-state index contributed by atoms with van der Waals surface area (Å²) in [6, 6.07) is 0.642. The van der Waals surface area contributed by atoms with Gasteiger partial charge in [-0.1, -0.05) is 28.1 Å². The molecule has 0 N–H and O–H groups in total. The van der Waals surface area contributed by atoms with E-state index in [1.807, 2.05) is 0 Å². The van der Waals surface area contributed by atoms with Gasteiger partial charge in [0.05, 0.1) is 0 Å². The van der Waals surface area contributed by atoms with Crippen molar-refractivity contribution in [2.45, 2.75) is 26.8 Å². The predicted molar refractivity (Wildman–Crippen MR) is 55.3 cm³/mol. The number of nitrogens with zero attached hydrogens (tertiary/aromatic N) is 1. The smallest absolute Gasteiger partial charge is 0.0166 e. The summed E-state index contributed by atoms with van der Waals surface area (Å²) in [5.41, 5.74) is 0. The van der Waals surface area contributed by atoms with Crippen LogP contribution in [0.4, 0.5) is 0 Å². The lowest BCUT2D eigenvalue weighted by molar-refractivity contribution is 0.262. The van der Waals surface area contributed by atoms with Crippen molar-refractivity contribution in [2.75, 3.05) is 18.4 Å². The molecule has 0 aliphatic rings. The zero-order valence-electron chi connectivity index (χ0n) is 7.68. The van der Waals surface area contributed by atoms with Crippen LogP contribution in [0.15, 0.2) is 12.2 Å². The zero-order chi connectivity index (χ0) is 8.69. The van der Waals surface area contributed by atoms with E-state index in [9.17, 15) is 0 Å². The first kappa shape index (κ1) is 11.2. The Morgan fingerprint density at radius 1 is 1.45 bits per heavy atom. The molecule has 0 unspecified atom stereocenters. The summed E-state index contributed by atoms with van der Waals surface area (Å²) >= 11 is 3.44. The molecule has 0 rings (SSSR count). The van der Waals surface area contributed by atoms with Gasteiger partial charge in [-0.3, -0.25) is 4.90 Å². The van der Waals surface area contributed by atoms with E-state index in [0.717, 1.165) is 18.4 Å². The van der Waals surface area contributed by atoms with Crippen molar-refractivity contribution < 1.29 is 0 Å². The van der Waals surface area contributed by atoms with Crippen LogP contribution in [0.5, 0.6) is 0 Å². The molecule has 0 heterocycles. The van der Waals surface area contributed by atoms with Crippen molar-refractivity contribution in [3.8, 4) is 0 Å². The van der Waals surface area contributed by atoms with Gasteiger partial charge in [-0.2, -0.15) is 0 Å². The van der Waals surface area contributed by atoms with Gasteiger partial charge in [0.25, 0.3) is 0 Å². The average Bonchev–Trinajstić information content (AvgIpc) is 1.97. The second-order valence-electron chi connectivity index (χ2n) is 2.85. The Bertz CT molecular complexity index is 110. The minimum absolute atomic E-state index is 0.642. The maximum absolute atomic E-state index is 3.44. The highest BCUT2D eigenvalue weighted by Crippen LogP contribution is 1.98. The largest absolute Gasteiger partial charge is 0.296 e. The fourth-order valence-corrected chi connectivity index (χ4v) is 1.37. The maximum Gasteiger partial charge on any atom is 0.0166 e. The van der Waals surface area contributed by atoms with E-state index in [1.54, 1.807) is 0 Å². The summed E-state index contributed by atoms with van der Waals surface area (Å²) in [6.45, 7) is 8.72. The molecule has 0 radical (unpaired) electrons. The highest BCUT2D eigenvalue weighted by Gasteiger charge is 2.04. The van der Waals surface area contributed by atoms with Crippen LogP contribution < -0.4 is 0 Å². The van der Waals surface area contributed by atoms with Gasteiger partial charge in [-0.15, -0.1) is 0 Å². The topological polar surface area (TPSA) is 3.24 Å². The van der Waals surface area contributed by atoms with Gasteiger partial charge < -0.3 is 0 Å². The first-order valence-corrected chi connectivity index (χ1v) is 5.25. The van der Waals surface area contributed by atoms with Crippen LogP contribution >= 0.6 is 15.9 Å². The molecule has 0 spiro atoms. The predicted octanol–water partition coefficient (Wildman–Crippen LogP) is 2.67. The summed E-state index contributed by atoms with van der Waals surface area (Å²) < 4.78 is 0. The first-order chi connectivity index (χ1) is 5.22. The Kier molecular flexibility index (Phi) is 6.98. The van der Waals surface area contributed by atoms with Gasteiger partial charge in [-0.05, 0) is 20.8 Å². The van der Waals surface area contributed by atoms with Gasteiger partial charge >= 0.3 is 0 Å². The summed E-state index contributed by atoms with van der Waals surface area (Å²) in [6.07, 6.45) is 4.30. The first-order valence-electron chi connectivity index (χ1n) is 4.13. The molecule has 66 valence electrons. The second kappa shape index (κ2) is 6.86. The van der Waals surface area contributed by atoms with E-state index in [4.69, 9.17) is 0 Å². The number of halogens is 1. The molecule has 0 aromatic rings. The lowest BCUT2D eigenvalue weighted by Gasteiger charge is -2.23. The highest BCUT2D eigenvalue weighted by atomic mass is 79.9. The molecule has 0 bridgehead atoms. The SMILES string of the molecule is C/C=C/CN(CCBr)C(C)C. The third-order valence-electron chi connectivity index (χ3n) is 1.68. The quantitative estimate of drug-likeness (QED) is 0.508. The van der Waals surface area contributed by atoms with Gasteiger partial charge in [-0.25, -0.2) is 0 Å². The van der Waals surface area contributed by atoms with Crippen LogP contribution in [-0.4, -0.2) is 29.4 Å². The Morgan fingerprint density at radius 3 is 2.45 bits per heavy atom. The second-order valence-corrected chi connectivity index (χ2v) is 3.64. The van der Waals surface area contributed by atoms with Crippen molar-refractivity contribution in [1.82, 2.24) is 4.90 Å². The molecule has 0 saturated carbocycles. The Balaban J connectivity index is 3.69. The standard InChI is InChI=1S/C9H18BrN/c1-4-5-7-11(8-6-10)9(2)3/h4-5,9H,6-8H2,1-3H3/b5-4+. The molecule has 0 atom stereocenters. The van der Waals surface area contributed by atoms with Crippen LogP contribution in [0, 0.1) is 0 Å². The number of hydrogen-bond donors (Lipinski definition) is 0. The van der Waals surface area contributed by atoms with Crippen molar-refractivity contribution in [2.24, 2.45) is 0 Å². The van der Waals surface area contributed by atoms with Crippen molar-refractivity contribution in [1.29, 1.82) is 0 Å². The van der Waals surface area contributed by atoms with Crippen LogP contribution in [0.25, 0.3) is 0 Å². The van der Waals surface area contributed by atoms with Gasteiger partial charge in [0.2, 0.25) is 0 Å². The minimum atomic E-state index is 0.642. The molecule has 1 nitrogen and oxygen atoms in total. The minimum Gasteiger partial charge on any atom is -0.296 e. The number of hydrogen-bond acceptors (Lipinski definition) is 1. The van der Waals surface area contributed by atoms with Crippen molar-refractivity contribution in [3.05, 3.63) is 12.2 Å². The molecule has 0 aliphatic carbocycles. The summed E-state index contributed by atoms with van der Waals surface area (Å²) in [5.74, 6) is 0. The van der Waals surface area contributed by atoms with Crippen LogP contribution in [-0.2, 0) is 0 Å². The average molecular weight is 220 g/mol. The van der Waals surface area contributed by atoms with Gasteiger partial charge in [0.1, 0.15) is 0 Å². The molecule has 0 aromatic carbocycles. The van der Waals surface area contributed by atoms with E-state index in [1.165, 1.54) is 0 Å². The van der Waals surface area contributed by atoms with Crippen LogP contribution in [0.2, 0.25) is 0 Å². The number of rotatable bonds is 5. The Morgan fingerprint density at radius 2 is 2.09 bits per heavy atom. The fourth-order valence-electron chi connectivity index (χ4n) is 0.910. The maximum atomic E-state index is 3.44. The molecular weight excluding hydrogens is 202 g/mol. The molecule has 2 heteroatoms. The number of allylic oxidation sites excluding steroid dienone is 1. The number of alkyl halides is 1.